The molecule has 0 spiro atoms. The van der Waals surface area contributed by atoms with Gasteiger partial charge in [0.25, 0.3) is 0 Å². The first-order valence-corrected chi connectivity index (χ1v) is 9.24. The Morgan fingerprint density at radius 2 is 0.864 bits per heavy atom. The van der Waals surface area contributed by atoms with E-state index in [1.807, 2.05) is 0 Å². The number of carbonyl (C=O) groups excluding carboxylic acids is 2. The van der Waals surface area contributed by atoms with Crippen LogP contribution in [0, 0.1) is 0 Å². The molecule has 0 atom stereocenters. The Labute approximate surface area is 176 Å². The van der Waals surface area contributed by atoms with E-state index in [2.05, 4.69) is 0 Å². The topological polar surface area (TPSA) is 161 Å². The summed E-state index contributed by atoms with van der Waals surface area (Å²) in [4.78, 5) is 62.7. The van der Waals surface area contributed by atoms with Crippen molar-refractivity contribution in [3.05, 3.63) is 0 Å². The minimum absolute atomic E-state index is 0. The van der Waals surface area contributed by atoms with Crippen molar-refractivity contribution in [2.24, 2.45) is 0 Å². The monoisotopic (exact) mass is 374 g/mol. The molecule has 0 unspecified atom stereocenters. The first-order valence-electron chi connectivity index (χ1n) is 6.16. The van der Waals surface area contributed by atoms with Crippen molar-refractivity contribution in [2.75, 3.05) is 0 Å². The summed E-state index contributed by atoms with van der Waals surface area (Å²) in [7, 11) is -10.2. The Balaban J connectivity index is -0.000000301. The van der Waals surface area contributed by atoms with Crippen LogP contribution in [0.4, 0.5) is 0 Å². The smallest absolute Gasteiger partial charge is 0.805 e. The molecule has 0 rings (SSSR count). The summed E-state index contributed by atoms with van der Waals surface area (Å²) in [5, 5.41) is 0. The van der Waals surface area contributed by atoms with E-state index in [1.54, 1.807) is 0 Å². The Morgan fingerprint density at radius 1 is 0.636 bits per heavy atom. The van der Waals surface area contributed by atoms with E-state index in [-0.39, 0.29) is 74.8 Å². The molecule has 12 heteroatoms. The van der Waals surface area contributed by atoms with Crippen LogP contribution in [0.2, 0.25) is 0 Å². The van der Waals surface area contributed by atoms with Crippen LogP contribution in [0.5, 0.6) is 0 Å². The van der Waals surface area contributed by atoms with Crippen molar-refractivity contribution in [2.45, 2.75) is 51.4 Å². The summed E-state index contributed by atoms with van der Waals surface area (Å²) >= 11 is 0. The zero-order valence-electron chi connectivity index (χ0n) is 14.8. The van der Waals surface area contributed by atoms with Crippen LogP contribution in [-0.2, 0) is 18.7 Å². The second-order valence-electron chi connectivity index (χ2n) is 4.40. The Kier molecular flexibility index (Phi) is 17.9. The van der Waals surface area contributed by atoms with Gasteiger partial charge in [0, 0.05) is 28.0 Å². The molecule has 0 amide bonds. The molecule has 0 radical (unpaired) electrons. The van der Waals surface area contributed by atoms with Crippen LogP contribution in [0.3, 0.4) is 0 Å². The summed E-state index contributed by atoms with van der Waals surface area (Å²) in [5.41, 5.74) is -2.57. The van der Waals surface area contributed by atoms with Gasteiger partial charge in [-0.15, -0.1) is 0 Å². The van der Waals surface area contributed by atoms with Crippen LogP contribution in [-0.4, -0.2) is 11.0 Å². The molecule has 118 valence electrons. The second kappa shape index (κ2) is 13.9. The molecule has 0 heterocycles. The number of hydrogen-bond acceptors (Lipinski definition) is 8. The fourth-order valence-corrected chi connectivity index (χ4v) is 2.40. The third-order valence-electron chi connectivity index (χ3n) is 2.64. The fraction of sp³-hybridized carbons (Fsp3) is 0.800. The van der Waals surface area contributed by atoms with Gasteiger partial charge in [-0.1, -0.05) is 25.7 Å². The standard InChI is InChI=1S/C10H20O8P2.2Na/c11-9(19(13,14)15)7-5-3-1-2-4-6-8-10(12)20(16,17)18;;/h1-8H2,(H2,13,14,15)(H2,16,17,18);;/q;2*+1/p-2. The minimum atomic E-state index is -5.11. The van der Waals surface area contributed by atoms with Gasteiger partial charge in [-0.3, -0.25) is 9.59 Å². The van der Waals surface area contributed by atoms with Gasteiger partial charge in [-0.2, -0.15) is 0 Å². The van der Waals surface area contributed by atoms with Gasteiger partial charge in [0.1, 0.15) is 0 Å². The predicted molar refractivity (Wildman–Crippen MR) is 64.4 cm³/mol. The molecule has 0 aliphatic carbocycles. The fourth-order valence-electron chi connectivity index (χ4n) is 1.53. The third-order valence-corrected chi connectivity index (χ3v) is 4.31. The van der Waals surface area contributed by atoms with Crippen LogP contribution < -0.4 is 78.7 Å². The second-order valence-corrected chi connectivity index (χ2v) is 7.39. The third kappa shape index (κ3) is 15.2. The van der Waals surface area contributed by atoms with Crippen LogP contribution >= 0.6 is 15.2 Å². The Morgan fingerprint density at radius 3 is 1.09 bits per heavy atom. The summed E-state index contributed by atoms with van der Waals surface area (Å²) < 4.78 is 20.6. The van der Waals surface area contributed by atoms with E-state index in [1.165, 1.54) is 0 Å². The quantitative estimate of drug-likeness (QED) is 0.196. The number of hydrogen-bond donors (Lipinski definition) is 0. The summed E-state index contributed by atoms with van der Waals surface area (Å²) in [5.74, 6) is 0. The first kappa shape index (κ1) is 28.4. The first-order chi connectivity index (χ1) is 9.05. The van der Waals surface area contributed by atoms with Crippen molar-refractivity contribution in [1.29, 1.82) is 0 Å². The number of unbranched alkanes of at least 4 members (excludes halogenated alkanes) is 5. The minimum Gasteiger partial charge on any atom is -0.805 e. The predicted octanol–water partition coefficient (Wildman–Crippen LogP) is -6.78. The maximum absolute atomic E-state index is 10.8. The molecule has 0 bridgehead atoms. The average Bonchev–Trinajstić information content (AvgIpc) is 2.29. The van der Waals surface area contributed by atoms with Gasteiger partial charge < -0.3 is 28.7 Å². The Hall–Kier alpha value is 1.64. The summed E-state index contributed by atoms with van der Waals surface area (Å²) in [6.45, 7) is 0. The zero-order valence-corrected chi connectivity index (χ0v) is 18.6. The van der Waals surface area contributed by atoms with Gasteiger partial charge in [0.05, 0.1) is 0 Å². The van der Waals surface area contributed by atoms with Crippen molar-refractivity contribution in [3.63, 3.8) is 0 Å². The Bertz CT molecular complexity index is 401. The average molecular weight is 374 g/mol. The maximum Gasteiger partial charge on any atom is 1.00 e. The van der Waals surface area contributed by atoms with E-state index < -0.39 is 26.2 Å². The van der Waals surface area contributed by atoms with Crippen molar-refractivity contribution >= 4 is 26.2 Å². The van der Waals surface area contributed by atoms with Crippen LogP contribution in [0.15, 0.2) is 0 Å². The van der Waals surface area contributed by atoms with E-state index in [0.717, 1.165) is 0 Å². The van der Waals surface area contributed by atoms with Gasteiger partial charge >= 0.3 is 62.0 Å². The van der Waals surface area contributed by atoms with Gasteiger partial charge in [-0.25, -0.2) is 0 Å². The molecule has 8 nitrogen and oxygen atoms in total. The molecule has 0 aliphatic rings. The molecule has 0 aromatic carbocycles. The maximum atomic E-state index is 10.8. The number of rotatable bonds is 11. The molecule has 0 fully saturated rings. The van der Waals surface area contributed by atoms with Gasteiger partial charge in [-0.05, 0) is 12.8 Å². The van der Waals surface area contributed by atoms with Crippen LogP contribution in [0.25, 0.3) is 0 Å². The van der Waals surface area contributed by atoms with E-state index in [0.29, 0.717) is 38.5 Å². The van der Waals surface area contributed by atoms with Crippen LogP contribution in [0.1, 0.15) is 54.2 Å². The number of carbonyl (C=O) groups is 2. The molecular formula is C10H18Na2O8P2. The summed E-state index contributed by atoms with van der Waals surface area (Å²) in [6, 6.07) is 0. The van der Waals surface area contributed by atoms with Crippen molar-refractivity contribution in [3.8, 4) is 0 Å². The molecule has 22 heavy (non-hydrogen) atoms. The molecule has 0 saturated carbocycles. The van der Waals surface area contributed by atoms with Crippen molar-refractivity contribution < 1.29 is 100 Å². The largest absolute Gasteiger partial charge is 1.00 e. The zero-order chi connectivity index (χ0) is 15.8. The van der Waals surface area contributed by atoms with Gasteiger partial charge in [0.15, 0.2) is 11.0 Å². The SMILES string of the molecule is O=C(CCCCCCCCC(=O)P(=O)([O-])[O-])P(=O)([O-])[O-].[H+].[H+].[Na+].[Na+]. The van der Waals surface area contributed by atoms with Gasteiger partial charge in [0.2, 0.25) is 0 Å². The molecule has 0 saturated heterocycles. The molecule has 0 N–H and O–H groups in total. The van der Waals surface area contributed by atoms with E-state index in [4.69, 9.17) is 0 Å². The van der Waals surface area contributed by atoms with E-state index in [9.17, 15) is 38.3 Å². The molecule has 0 aromatic heterocycles. The molecule has 0 aromatic rings. The van der Waals surface area contributed by atoms with Crippen molar-refractivity contribution in [1.82, 2.24) is 0 Å². The normalized spacial score (nSPS) is 11.3. The van der Waals surface area contributed by atoms with E-state index >= 15 is 0 Å². The molecular weight excluding hydrogens is 356 g/mol. The molecule has 0 aliphatic heterocycles. The summed E-state index contributed by atoms with van der Waals surface area (Å²) in [6.07, 6.45) is 2.44.